The van der Waals surface area contributed by atoms with Crippen LogP contribution in [-0.4, -0.2) is 61.1 Å². The van der Waals surface area contributed by atoms with Gasteiger partial charge in [0.25, 0.3) is 0 Å². The van der Waals surface area contributed by atoms with Crippen LogP contribution >= 0.6 is 0 Å². The zero-order valence-corrected chi connectivity index (χ0v) is 11.6. The minimum atomic E-state index is -0.0789. The first-order chi connectivity index (χ1) is 8.04. The summed E-state index contributed by atoms with van der Waals surface area (Å²) in [7, 11) is 2.16. The molecule has 4 nitrogen and oxygen atoms in total. The maximum absolute atomic E-state index is 11.5. The molecule has 1 aliphatic rings. The van der Waals surface area contributed by atoms with Crippen LogP contribution in [0.4, 0.5) is 0 Å². The molecule has 17 heavy (non-hydrogen) atoms. The molecule has 0 saturated carbocycles. The van der Waals surface area contributed by atoms with Crippen molar-refractivity contribution in [2.75, 3.05) is 33.3 Å². The van der Waals surface area contributed by atoms with Gasteiger partial charge in [0.2, 0.25) is 0 Å². The van der Waals surface area contributed by atoms with Gasteiger partial charge < -0.3 is 9.64 Å². The minimum absolute atomic E-state index is 0.0789. The monoisotopic (exact) mass is 242 g/mol. The van der Waals surface area contributed by atoms with Crippen molar-refractivity contribution in [3.05, 3.63) is 0 Å². The van der Waals surface area contributed by atoms with Crippen LogP contribution in [0.1, 0.15) is 33.6 Å². The Balaban J connectivity index is 2.48. The first kappa shape index (κ1) is 14.5. The summed E-state index contributed by atoms with van der Waals surface area (Å²) in [5.74, 6) is -0.0789. The molecular weight excluding hydrogens is 216 g/mol. The number of hydrogen-bond donors (Lipinski definition) is 0. The van der Waals surface area contributed by atoms with E-state index in [1.165, 1.54) is 6.42 Å². The van der Waals surface area contributed by atoms with Crippen molar-refractivity contribution < 1.29 is 9.53 Å². The third-order valence-electron chi connectivity index (χ3n) is 3.43. The quantitative estimate of drug-likeness (QED) is 0.697. The van der Waals surface area contributed by atoms with Crippen molar-refractivity contribution in [1.82, 2.24) is 9.80 Å². The van der Waals surface area contributed by atoms with E-state index in [4.69, 9.17) is 4.74 Å². The van der Waals surface area contributed by atoms with Crippen molar-refractivity contribution >= 4 is 5.97 Å². The normalized spacial score (nSPS) is 25.3. The first-order valence-corrected chi connectivity index (χ1v) is 6.64. The molecule has 0 amide bonds. The van der Waals surface area contributed by atoms with Crippen LogP contribution in [0.15, 0.2) is 0 Å². The van der Waals surface area contributed by atoms with Crippen molar-refractivity contribution in [2.45, 2.75) is 45.7 Å². The lowest BCUT2D eigenvalue weighted by Gasteiger charge is -2.33. The molecule has 4 heteroatoms. The molecule has 0 bridgehead atoms. The Morgan fingerprint density at radius 3 is 2.82 bits per heavy atom. The highest BCUT2D eigenvalue weighted by atomic mass is 16.5. The van der Waals surface area contributed by atoms with Crippen molar-refractivity contribution in [3.8, 4) is 0 Å². The standard InChI is InChI=1S/C13H26N2O2/c1-5-17-13(16)9-11(2)15-8-6-7-14(4)10-12(15)3/h11-12H,5-10H2,1-4H3. The Morgan fingerprint density at radius 2 is 2.18 bits per heavy atom. The molecule has 1 heterocycles. The van der Waals surface area contributed by atoms with Crippen LogP contribution in [0.3, 0.4) is 0 Å². The molecule has 0 radical (unpaired) electrons. The topological polar surface area (TPSA) is 32.8 Å². The van der Waals surface area contributed by atoms with Gasteiger partial charge in [-0.25, -0.2) is 0 Å². The van der Waals surface area contributed by atoms with Crippen molar-refractivity contribution in [1.29, 1.82) is 0 Å². The number of hydrogen-bond acceptors (Lipinski definition) is 4. The minimum Gasteiger partial charge on any atom is -0.466 e. The maximum atomic E-state index is 11.5. The van der Waals surface area contributed by atoms with Gasteiger partial charge in [0.05, 0.1) is 13.0 Å². The second-order valence-electron chi connectivity index (χ2n) is 5.06. The molecule has 1 rings (SSSR count). The van der Waals surface area contributed by atoms with E-state index in [1.54, 1.807) is 0 Å². The predicted octanol–water partition coefficient (Wildman–Crippen LogP) is 1.35. The van der Waals surface area contributed by atoms with Gasteiger partial charge in [-0.05, 0) is 47.3 Å². The number of esters is 1. The highest BCUT2D eigenvalue weighted by Gasteiger charge is 2.25. The van der Waals surface area contributed by atoms with Crippen molar-refractivity contribution in [3.63, 3.8) is 0 Å². The third kappa shape index (κ3) is 4.64. The number of carbonyl (C=O) groups excluding carboxylic acids is 1. The summed E-state index contributed by atoms with van der Waals surface area (Å²) < 4.78 is 5.01. The summed E-state index contributed by atoms with van der Waals surface area (Å²) in [4.78, 5) is 16.3. The molecule has 0 aliphatic carbocycles. The SMILES string of the molecule is CCOC(=O)CC(C)N1CCCN(C)CC1C. The third-order valence-corrected chi connectivity index (χ3v) is 3.43. The Morgan fingerprint density at radius 1 is 1.47 bits per heavy atom. The average molecular weight is 242 g/mol. The summed E-state index contributed by atoms with van der Waals surface area (Å²) >= 11 is 0. The van der Waals surface area contributed by atoms with Crippen molar-refractivity contribution in [2.24, 2.45) is 0 Å². The summed E-state index contributed by atoms with van der Waals surface area (Å²) in [5.41, 5.74) is 0. The fourth-order valence-corrected chi connectivity index (χ4v) is 2.62. The van der Waals surface area contributed by atoms with Crippen LogP contribution in [0.25, 0.3) is 0 Å². The average Bonchev–Trinajstić information content (AvgIpc) is 2.39. The van der Waals surface area contributed by atoms with Gasteiger partial charge in [0, 0.05) is 18.6 Å². The molecular formula is C13H26N2O2. The fourth-order valence-electron chi connectivity index (χ4n) is 2.62. The Kier molecular flexibility index (Phi) is 5.92. The lowest BCUT2D eigenvalue weighted by Crippen LogP contribution is -2.44. The summed E-state index contributed by atoms with van der Waals surface area (Å²) in [6.45, 7) is 9.99. The smallest absolute Gasteiger partial charge is 0.307 e. The second kappa shape index (κ2) is 6.97. The van der Waals surface area contributed by atoms with E-state index >= 15 is 0 Å². The molecule has 2 unspecified atom stereocenters. The fraction of sp³-hybridized carbons (Fsp3) is 0.923. The summed E-state index contributed by atoms with van der Waals surface area (Å²) in [6.07, 6.45) is 1.68. The van der Waals surface area contributed by atoms with Crippen LogP contribution in [0, 0.1) is 0 Å². The van der Waals surface area contributed by atoms with Gasteiger partial charge in [-0.1, -0.05) is 0 Å². The zero-order chi connectivity index (χ0) is 12.8. The van der Waals surface area contributed by atoms with Gasteiger partial charge in [-0.2, -0.15) is 0 Å². The van der Waals surface area contributed by atoms with Gasteiger partial charge in [-0.15, -0.1) is 0 Å². The largest absolute Gasteiger partial charge is 0.466 e. The molecule has 0 N–H and O–H groups in total. The van der Waals surface area contributed by atoms with Gasteiger partial charge in [0.15, 0.2) is 0 Å². The second-order valence-corrected chi connectivity index (χ2v) is 5.06. The Hall–Kier alpha value is -0.610. The lowest BCUT2D eigenvalue weighted by atomic mass is 10.1. The number of ether oxygens (including phenoxy) is 1. The van der Waals surface area contributed by atoms with E-state index in [1.807, 2.05) is 6.92 Å². The van der Waals surface area contributed by atoms with Crippen LogP contribution in [0.5, 0.6) is 0 Å². The molecule has 1 aliphatic heterocycles. The molecule has 0 aromatic carbocycles. The van der Waals surface area contributed by atoms with E-state index < -0.39 is 0 Å². The molecule has 1 saturated heterocycles. The zero-order valence-electron chi connectivity index (χ0n) is 11.6. The number of nitrogens with zero attached hydrogens (tertiary/aromatic N) is 2. The molecule has 0 aromatic heterocycles. The molecule has 2 atom stereocenters. The van der Waals surface area contributed by atoms with E-state index in [2.05, 4.69) is 30.7 Å². The van der Waals surface area contributed by atoms with Crippen LogP contribution in [0.2, 0.25) is 0 Å². The number of likely N-dealkylation sites (N-methyl/N-ethyl adjacent to an activating group) is 1. The highest BCUT2D eigenvalue weighted by molar-refractivity contribution is 5.70. The summed E-state index contributed by atoms with van der Waals surface area (Å²) in [5, 5.41) is 0. The van der Waals surface area contributed by atoms with E-state index in [0.29, 0.717) is 19.1 Å². The van der Waals surface area contributed by atoms with Crippen LogP contribution in [-0.2, 0) is 9.53 Å². The molecule has 0 spiro atoms. The predicted molar refractivity (Wildman–Crippen MR) is 69.0 cm³/mol. The van der Waals surface area contributed by atoms with Gasteiger partial charge in [0.1, 0.15) is 0 Å². The molecule has 0 aromatic rings. The molecule has 100 valence electrons. The maximum Gasteiger partial charge on any atom is 0.307 e. The van der Waals surface area contributed by atoms with Crippen LogP contribution < -0.4 is 0 Å². The summed E-state index contributed by atoms with van der Waals surface area (Å²) in [6, 6.07) is 0.780. The van der Waals surface area contributed by atoms with E-state index in [9.17, 15) is 4.79 Å². The van der Waals surface area contributed by atoms with Gasteiger partial charge >= 0.3 is 5.97 Å². The van der Waals surface area contributed by atoms with E-state index in [0.717, 1.165) is 19.6 Å². The Labute approximate surface area is 105 Å². The molecule has 1 fully saturated rings. The Bertz CT molecular complexity index is 246. The number of rotatable bonds is 4. The first-order valence-electron chi connectivity index (χ1n) is 6.64. The lowest BCUT2D eigenvalue weighted by molar-refractivity contribution is -0.144. The highest BCUT2D eigenvalue weighted by Crippen LogP contribution is 2.14. The van der Waals surface area contributed by atoms with Gasteiger partial charge in [-0.3, -0.25) is 9.69 Å². The number of carbonyl (C=O) groups is 1. The van der Waals surface area contributed by atoms with E-state index in [-0.39, 0.29) is 12.0 Å².